The maximum Gasteiger partial charge on any atom is 0.209 e. The first kappa shape index (κ1) is 10.0. The van der Waals surface area contributed by atoms with Gasteiger partial charge in [0.2, 0.25) is 4.73 Å². The van der Waals surface area contributed by atoms with Crippen LogP contribution in [-0.4, -0.2) is 9.36 Å². The number of aromatic nitrogens is 2. The zero-order valence-corrected chi connectivity index (χ0v) is 9.83. The van der Waals surface area contributed by atoms with Gasteiger partial charge in [0.15, 0.2) is 0 Å². The Morgan fingerprint density at radius 2 is 2.21 bits per heavy atom. The molecule has 0 spiro atoms. The van der Waals surface area contributed by atoms with Gasteiger partial charge in [-0.1, -0.05) is 11.6 Å². The third-order valence-electron chi connectivity index (χ3n) is 1.57. The van der Waals surface area contributed by atoms with Gasteiger partial charge in [-0.25, -0.2) is 9.37 Å². The van der Waals surface area contributed by atoms with Gasteiger partial charge in [-0.05, 0) is 45.7 Å². The van der Waals surface area contributed by atoms with Crippen LogP contribution < -0.4 is 0 Å². The molecule has 6 heteroatoms. The highest BCUT2D eigenvalue weighted by molar-refractivity contribution is 9.10. The zero-order valence-electron chi connectivity index (χ0n) is 6.67. The molecular weight excluding hydrogens is 291 g/mol. The molecule has 0 bridgehead atoms. The standard InChI is InChI=1S/C8H3BrClFN2S/c9-8-12-7(14-13-8)4-1-2-6(11)5(10)3-4/h1-3H. The molecular formula is C8H3BrClFN2S. The molecule has 0 fully saturated rings. The van der Waals surface area contributed by atoms with Gasteiger partial charge < -0.3 is 0 Å². The van der Waals surface area contributed by atoms with E-state index in [4.69, 9.17) is 11.6 Å². The van der Waals surface area contributed by atoms with Crippen LogP contribution in [0.1, 0.15) is 0 Å². The molecule has 0 N–H and O–H groups in total. The van der Waals surface area contributed by atoms with E-state index in [9.17, 15) is 4.39 Å². The van der Waals surface area contributed by atoms with Crippen molar-refractivity contribution in [2.45, 2.75) is 0 Å². The molecule has 0 saturated carbocycles. The summed E-state index contributed by atoms with van der Waals surface area (Å²) in [6.45, 7) is 0. The van der Waals surface area contributed by atoms with Crippen LogP contribution in [-0.2, 0) is 0 Å². The first-order valence-electron chi connectivity index (χ1n) is 3.61. The van der Waals surface area contributed by atoms with Crippen molar-refractivity contribution in [1.82, 2.24) is 9.36 Å². The lowest BCUT2D eigenvalue weighted by Gasteiger charge is -1.96. The lowest BCUT2D eigenvalue weighted by atomic mass is 10.2. The summed E-state index contributed by atoms with van der Waals surface area (Å²) in [5.74, 6) is -0.431. The molecule has 0 amide bonds. The molecule has 1 aromatic carbocycles. The molecule has 0 aliphatic heterocycles. The smallest absolute Gasteiger partial charge is 0.209 e. The number of nitrogens with zero attached hydrogens (tertiary/aromatic N) is 2. The van der Waals surface area contributed by atoms with Gasteiger partial charge in [-0.15, -0.1) is 0 Å². The summed E-state index contributed by atoms with van der Waals surface area (Å²) in [6, 6.07) is 4.46. The van der Waals surface area contributed by atoms with Gasteiger partial charge >= 0.3 is 0 Å². The Labute approximate surface area is 97.0 Å². The monoisotopic (exact) mass is 292 g/mol. The largest absolute Gasteiger partial charge is 0.209 e. The summed E-state index contributed by atoms with van der Waals surface area (Å²) in [7, 11) is 0. The number of halogens is 3. The van der Waals surface area contributed by atoms with Crippen LogP contribution in [0.4, 0.5) is 4.39 Å². The predicted octanol–water partition coefficient (Wildman–Crippen LogP) is 3.76. The summed E-state index contributed by atoms with van der Waals surface area (Å²) in [5, 5.41) is 0.799. The second-order valence-electron chi connectivity index (χ2n) is 2.50. The Morgan fingerprint density at radius 1 is 1.43 bits per heavy atom. The quantitative estimate of drug-likeness (QED) is 0.800. The molecule has 1 heterocycles. The molecule has 0 radical (unpaired) electrons. The minimum Gasteiger partial charge on any atom is -0.209 e. The van der Waals surface area contributed by atoms with Crippen molar-refractivity contribution in [3.63, 3.8) is 0 Å². The average Bonchev–Trinajstić information content (AvgIpc) is 2.57. The first-order valence-corrected chi connectivity index (χ1v) is 5.56. The van der Waals surface area contributed by atoms with E-state index in [0.717, 1.165) is 5.56 Å². The Hall–Kier alpha value is -0.520. The Balaban J connectivity index is 2.47. The van der Waals surface area contributed by atoms with Gasteiger partial charge in [0.25, 0.3) is 0 Å². The van der Waals surface area contributed by atoms with Gasteiger partial charge in [0.1, 0.15) is 10.8 Å². The Kier molecular flexibility index (Phi) is 2.80. The fourth-order valence-electron chi connectivity index (χ4n) is 0.952. The van der Waals surface area contributed by atoms with Crippen LogP contribution >= 0.6 is 39.1 Å². The lowest BCUT2D eigenvalue weighted by molar-refractivity contribution is 0.628. The van der Waals surface area contributed by atoms with Crippen molar-refractivity contribution in [2.75, 3.05) is 0 Å². The maximum absolute atomic E-state index is 12.8. The van der Waals surface area contributed by atoms with Gasteiger partial charge in [0, 0.05) is 5.56 Å². The van der Waals surface area contributed by atoms with Crippen LogP contribution in [0, 0.1) is 5.82 Å². The highest BCUT2D eigenvalue weighted by Gasteiger charge is 2.07. The molecule has 0 aliphatic rings. The second-order valence-corrected chi connectivity index (χ2v) is 4.37. The highest BCUT2D eigenvalue weighted by atomic mass is 79.9. The van der Waals surface area contributed by atoms with Crippen molar-refractivity contribution in [1.29, 1.82) is 0 Å². The maximum atomic E-state index is 12.8. The minimum absolute atomic E-state index is 0.0915. The molecule has 14 heavy (non-hydrogen) atoms. The normalized spacial score (nSPS) is 10.5. The van der Waals surface area contributed by atoms with E-state index in [1.807, 2.05) is 0 Å². The molecule has 1 aromatic heterocycles. The van der Waals surface area contributed by atoms with Crippen molar-refractivity contribution >= 4 is 39.1 Å². The summed E-state index contributed by atoms with van der Waals surface area (Å²) in [6.07, 6.45) is 0. The van der Waals surface area contributed by atoms with E-state index >= 15 is 0 Å². The summed E-state index contributed by atoms with van der Waals surface area (Å²) in [4.78, 5) is 4.09. The molecule has 0 atom stereocenters. The van der Waals surface area contributed by atoms with Crippen LogP contribution in [0.2, 0.25) is 5.02 Å². The molecule has 2 aromatic rings. The van der Waals surface area contributed by atoms with E-state index < -0.39 is 5.82 Å². The SMILES string of the molecule is Fc1ccc(-c2nc(Br)ns2)cc1Cl. The predicted molar refractivity (Wildman–Crippen MR) is 58.0 cm³/mol. The molecule has 0 unspecified atom stereocenters. The summed E-state index contributed by atoms with van der Waals surface area (Å²) >= 11 is 10.0. The van der Waals surface area contributed by atoms with Crippen LogP contribution in [0.3, 0.4) is 0 Å². The second kappa shape index (κ2) is 3.92. The molecule has 2 nitrogen and oxygen atoms in total. The fourth-order valence-corrected chi connectivity index (χ4v) is 2.21. The number of rotatable bonds is 1. The van der Waals surface area contributed by atoms with Crippen LogP contribution in [0.15, 0.2) is 22.9 Å². The van der Waals surface area contributed by atoms with E-state index in [1.165, 1.54) is 23.7 Å². The highest BCUT2D eigenvalue weighted by Crippen LogP contribution is 2.26. The van der Waals surface area contributed by atoms with Crippen LogP contribution in [0.5, 0.6) is 0 Å². The van der Waals surface area contributed by atoms with Gasteiger partial charge in [-0.3, -0.25) is 0 Å². The third-order valence-corrected chi connectivity index (χ3v) is 3.21. The van der Waals surface area contributed by atoms with E-state index in [1.54, 1.807) is 6.07 Å². The van der Waals surface area contributed by atoms with E-state index in [2.05, 4.69) is 25.3 Å². The fraction of sp³-hybridized carbons (Fsp3) is 0. The lowest BCUT2D eigenvalue weighted by Crippen LogP contribution is -1.79. The molecule has 0 aliphatic carbocycles. The average molecular weight is 294 g/mol. The Bertz CT molecular complexity index is 474. The Morgan fingerprint density at radius 3 is 2.79 bits per heavy atom. The molecule has 0 saturated heterocycles. The van der Waals surface area contributed by atoms with Gasteiger partial charge in [0.05, 0.1) is 5.02 Å². The zero-order chi connectivity index (χ0) is 10.1. The third kappa shape index (κ3) is 1.94. The first-order chi connectivity index (χ1) is 6.66. The minimum atomic E-state index is -0.431. The molecule has 2 rings (SSSR count). The number of benzene rings is 1. The van der Waals surface area contributed by atoms with E-state index in [0.29, 0.717) is 9.74 Å². The number of hydrogen-bond acceptors (Lipinski definition) is 3. The molecule has 72 valence electrons. The van der Waals surface area contributed by atoms with Crippen molar-refractivity contribution in [3.05, 3.63) is 33.8 Å². The van der Waals surface area contributed by atoms with Crippen molar-refractivity contribution < 1.29 is 4.39 Å². The topological polar surface area (TPSA) is 25.8 Å². The number of hydrogen-bond donors (Lipinski definition) is 0. The van der Waals surface area contributed by atoms with Gasteiger partial charge in [-0.2, -0.15) is 4.37 Å². The summed E-state index contributed by atoms with van der Waals surface area (Å²) < 4.78 is 17.3. The van der Waals surface area contributed by atoms with Crippen LogP contribution in [0.25, 0.3) is 10.6 Å². The van der Waals surface area contributed by atoms with E-state index in [-0.39, 0.29) is 5.02 Å². The van der Waals surface area contributed by atoms with Crippen molar-refractivity contribution in [3.8, 4) is 10.6 Å². The van der Waals surface area contributed by atoms with Crippen molar-refractivity contribution in [2.24, 2.45) is 0 Å². The summed E-state index contributed by atoms with van der Waals surface area (Å²) in [5.41, 5.74) is 0.764.